The molecule has 0 bridgehead atoms. The van der Waals surface area contributed by atoms with Gasteiger partial charge in [-0.25, -0.2) is 21.6 Å². The van der Waals surface area contributed by atoms with Gasteiger partial charge in [0, 0.05) is 38.3 Å². The van der Waals surface area contributed by atoms with Crippen LogP contribution in [-0.4, -0.2) is 71.7 Å². The Hall–Kier alpha value is -1.80. The van der Waals surface area contributed by atoms with Crippen molar-refractivity contribution in [2.75, 3.05) is 51.0 Å². The summed E-state index contributed by atoms with van der Waals surface area (Å²) in [6.07, 6.45) is 1.45. The second kappa shape index (κ2) is 8.93. The van der Waals surface area contributed by atoms with Crippen molar-refractivity contribution in [1.82, 2.24) is 9.03 Å². The van der Waals surface area contributed by atoms with Gasteiger partial charge in [-0.05, 0) is 12.5 Å². The smallest absolute Gasteiger partial charge is 0.270 e. The van der Waals surface area contributed by atoms with Gasteiger partial charge in [-0.15, -0.1) is 0 Å². The number of nitrogens with one attached hydrogen (secondary N) is 2. The summed E-state index contributed by atoms with van der Waals surface area (Å²) in [5.74, 6) is 0. The molecule has 0 saturated carbocycles. The van der Waals surface area contributed by atoms with E-state index < -0.39 is 25.0 Å². The number of morpholine rings is 1. The maximum Gasteiger partial charge on any atom is 0.270 e. The number of benzene rings is 1. The number of nitro groups is 1. The second-order valence-corrected chi connectivity index (χ2v) is 9.64. The highest BCUT2D eigenvalue weighted by Gasteiger charge is 2.30. The lowest BCUT2D eigenvalue weighted by atomic mass is 10.2. The minimum Gasteiger partial charge on any atom is -0.384 e. The highest BCUT2D eigenvalue weighted by Crippen LogP contribution is 2.29. The largest absolute Gasteiger partial charge is 0.384 e. The third kappa shape index (κ3) is 6.10. The van der Waals surface area contributed by atoms with Crippen molar-refractivity contribution in [3.63, 3.8) is 0 Å². The SMILES string of the molecule is CS(=O)(=O)NCCCNc1ccc([N+](=O)[O-])cc1S(=O)(=O)N1CCOCC1. The van der Waals surface area contributed by atoms with E-state index in [0.717, 1.165) is 12.3 Å². The molecule has 0 aliphatic carbocycles. The van der Waals surface area contributed by atoms with Crippen LogP contribution in [0.5, 0.6) is 0 Å². The lowest BCUT2D eigenvalue weighted by molar-refractivity contribution is -0.385. The number of nitrogens with zero attached hydrogens (tertiary/aromatic N) is 2. The maximum atomic E-state index is 12.9. The van der Waals surface area contributed by atoms with Gasteiger partial charge in [0.15, 0.2) is 0 Å². The Morgan fingerprint density at radius 1 is 1.19 bits per heavy atom. The normalized spacial score (nSPS) is 16.2. The van der Waals surface area contributed by atoms with Crippen LogP contribution in [0.25, 0.3) is 0 Å². The third-order valence-electron chi connectivity index (χ3n) is 3.80. The Balaban J connectivity index is 2.20. The van der Waals surface area contributed by atoms with Crippen molar-refractivity contribution in [1.29, 1.82) is 0 Å². The maximum absolute atomic E-state index is 12.9. The molecule has 1 aliphatic heterocycles. The van der Waals surface area contributed by atoms with Crippen LogP contribution in [0.3, 0.4) is 0 Å². The predicted molar refractivity (Wildman–Crippen MR) is 98.6 cm³/mol. The lowest BCUT2D eigenvalue weighted by Crippen LogP contribution is -2.40. The van der Waals surface area contributed by atoms with E-state index >= 15 is 0 Å². The van der Waals surface area contributed by atoms with Crippen molar-refractivity contribution in [3.05, 3.63) is 28.3 Å². The molecule has 0 aromatic heterocycles. The Morgan fingerprint density at radius 2 is 1.85 bits per heavy atom. The van der Waals surface area contributed by atoms with Crippen LogP contribution in [-0.2, 0) is 24.8 Å². The van der Waals surface area contributed by atoms with Crippen molar-refractivity contribution in [3.8, 4) is 0 Å². The number of hydrogen-bond donors (Lipinski definition) is 2. The number of hydrogen-bond acceptors (Lipinski definition) is 8. The molecule has 1 aliphatic rings. The molecule has 2 N–H and O–H groups in total. The zero-order chi connectivity index (χ0) is 20.1. The molecule has 27 heavy (non-hydrogen) atoms. The molecule has 1 saturated heterocycles. The molecule has 1 heterocycles. The van der Waals surface area contributed by atoms with Crippen LogP contribution in [0, 0.1) is 10.1 Å². The summed E-state index contributed by atoms with van der Waals surface area (Å²) in [4.78, 5) is 10.2. The summed E-state index contributed by atoms with van der Waals surface area (Å²) < 4.78 is 56.6. The molecule has 152 valence electrons. The minimum atomic E-state index is -3.94. The van der Waals surface area contributed by atoms with Crippen LogP contribution in [0.2, 0.25) is 0 Å². The van der Waals surface area contributed by atoms with Crippen LogP contribution in [0.4, 0.5) is 11.4 Å². The minimum absolute atomic E-state index is 0.169. The molecule has 13 heteroatoms. The van der Waals surface area contributed by atoms with E-state index in [1.165, 1.54) is 16.4 Å². The van der Waals surface area contributed by atoms with Gasteiger partial charge in [0.05, 0.1) is 30.1 Å². The molecule has 1 aromatic rings. The van der Waals surface area contributed by atoms with E-state index in [1.54, 1.807) is 0 Å². The van der Waals surface area contributed by atoms with Gasteiger partial charge < -0.3 is 10.1 Å². The summed E-state index contributed by atoms with van der Waals surface area (Å²) in [5, 5.41) is 14.0. The summed E-state index contributed by atoms with van der Waals surface area (Å²) in [5.41, 5.74) is -0.0995. The van der Waals surface area contributed by atoms with Gasteiger partial charge in [0.1, 0.15) is 4.90 Å². The molecule has 1 fully saturated rings. The fraction of sp³-hybridized carbons (Fsp3) is 0.571. The lowest BCUT2D eigenvalue weighted by Gasteiger charge is -2.27. The first-order valence-electron chi connectivity index (χ1n) is 8.16. The number of rotatable bonds is 9. The zero-order valence-corrected chi connectivity index (χ0v) is 16.4. The highest BCUT2D eigenvalue weighted by molar-refractivity contribution is 7.89. The summed E-state index contributed by atoms with van der Waals surface area (Å²) in [7, 11) is -7.24. The molecule has 11 nitrogen and oxygen atoms in total. The molecular weight excluding hydrogens is 400 g/mol. The quantitative estimate of drug-likeness (QED) is 0.320. The van der Waals surface area contributed by atoms with Gasteiger partial charge in [0.25, 0.3) is 5.69 Å². The van der Waals surface area contributed by atoms with E-state index in [-0.39, 0.29) is 55.7 Å². The Morgan fingerprint density at radius 3 is 2.44 bits per heavy atom. The van der Waals surface area contributed by atoms with E-state index in [2.05, 4.69) is 10.0 Å². The van der Waals surface area contributed by atoms with Gasteiger partial charge in [0.2, 0.25) is 20.0 Å². The summed E-state index contributed by atoms with van der Waals surface area (Å²) in [6, 6.07) is 3.59. The van der Waals surface area contributed by atoms with Gasteiger partial charge >= 0.3 is 0 Å². The first kappa shape index (κ1) is 21.5. The summed E-state index contributed by atoms with van der Waals surface area (Å²) >= 11 is 0. The highest BCUT2D eigenvalue weighted by atomic mass is 32.2. The summed E-state index contributed by atoms with van der Waals surface area (Å²) in [6.45, 7) is 1.32. The molecule has 0 spiro atoms. The van der Waals surface area contributed by atoms with E-state index in [4.69, 9.17) is 4.74 Å². The Kier molecular flexibility index (Phi) is 7.11. The fourth-order valence-electron chi connectivity index (χ4n) is 2.48. The molecule has 0 radical (unpaired) electrons. The van der Waals surface area contributed by atoms with E-state index in [9.17, 15) is 26.9 Å². The van der Waals surface area contributed by atoms with Crippen LogP contribution >= 0.6 is 0 Å². The molecule has 2 rings (SSSR count). The van der Waals surface area contributed by atoms with Crippen LogP contribution in [0.15, 0.2) is 23.1 Å². The number of non-ortho nitro benzene ring substituents is 1. The van der Waals surface area contributed by atoms with Crippen LogP contribution in [0.1, 0.15) is 6.42 Å². The predicted octanol–water partition coefficient (Wildman–Crippen LogP) is -0.0331. The first-order chi connectivity index (χ1) is 12.6. The Labute approximate surface area is 157 Å². The standard InChI is InChI=1S/C14H22N4O7S2/c1-26(21,22)16-6-2-5-15-13-4-3-12(18(19)20)11-14(13)27(23,24)17-7-9-25-10-8-17/h3-4,11,15-16H,2,5-10H2,1H3. The molecule has 0 unspecified atom stereocenters. The number of ether oxygens (including phenoxy) is 1. The average Bonchev–Trinajstić information content (AvgIpc) is 2.61. The van der Waals surface area contributed by atoms with Crippen molar-refractivity contribution in [2.24, 2.45) is 0 Å². The van der Waals surface area contributed by atoms with Gasteiger partial charge in [-0.3, -0.25) is 10.1 Å². The van der Waals surface area contributed by atoms with Crippen molar-refractivity contribution >= 4 is 31.4 Å². The van der Waals surface area contributed by atoms with E-state index in [1.807, 2.05) is 0 Å². The van der Waals surface area contributed by atoms with Crippen LogP contribution < -0.4 is 10.0 Å². The van der Waals surface area contributed by atoms with Gasteiger partial charge in [-0.2, -0.15) is 4.31 Å². The molecular formula is C14H22N4O7S2. The number of nitro benzene ring substituents is 1. The van der Waals surface area contributed by atoms with Crippen molar-refractivity contribution in [2.45, 2.75) is 11.3 Å². The average molecular weight is 422 g/mol. The molecule has 0 amide bonds. The fourth-order valence-corrected chi connectivity index (χ4v) is 4.59. The van der Waals surface area contributed by atoms with E-state index in [0.29, 0.717) is 6.42 Å². The number of anilines is 1. The monoisotopic (exact) mass is 422 g/mol. The first-order valence-corrected chi connectivity index (χ1v) is 11.5. The van der Waals surface area contributed by atoms with Gasteiger partial charge in [-0.1, -0.05) is 0 Å². The Bertz CT molecular complexity index is 881. The molecule has 0 atom stereocenters. The molecule has 1 aromatic carbocycles. The topological polar surface area (TPSA) is 148 Å². The number of sulfonamides is 2. The van der Waals surface area contributed by atoms with Crippen molar-refractivity contribution < 1.29 is 26.5 Å². The zero-order valence-electron chi connectivity index (χ0n) is 14.8. The second-order valence-electron chi connectivity index (χ2n) is 5.90. The third-order valence-corrected chi connectivity index (χ3v) is 6.46.